The lowest BCUT2D eigenvalue weighted by atomic mass is 10.0. The molecule has 0 aliphatic heterocycles. The highest BCUT2D eigenvalue weighted by Gasteiger charge is 2.19. The number of hydrogen-bond acceptors (Lipinski definition) is 4. The van der Waals surface area contributed by atoms with E-state index in [-0.39, 0.29) is 0 Å². The van der Waals surface area contributed by atoms with E-state index in [0.717, 1.165) is 0 Å². The molecule has 8 nitrogen and oxygen atoms in total. The molecule has 0 amide bonds. The molecule has 59 heavy (non-hydrogen) atoms. The Labute approximate surface area is 361 Å². The summed E-state index contributed by atoms with van der Waals surface area (Å²) in [5, 5.41) is 0. The van der Waals surface area contributed by atoms with Crippen LogP contribution in [0.1, 0.15) is 205 Å². The summed E-state index contributed by atoms with van der Waals surface area (Å²) in [5.74, 6) is 2.91. The van der Waals surface area contributed by atoms with E-state index in [1.165, 1.54) is 226 Å². The minimum atomic E-state index is -5.17. The Kier molecular flexibility index (Phi) is 28.4. The predicted molar refractivity (Wildman–Crippen MR) is 247 cm³/mol. The maximum Gasteiger partial charge on any atom is 0.256 e. The van der Waals surface area contributed by atoms with E-state index in [0.29, 0.717) is 0 Å². The maximum absolute atomic E-state index is 8.52. The number of aryl methyl sites for hydroxylation is 4. The van der Waals surface area contributed by atoms with Crippen LogP contribution in [0.5, 0.6) is 0 Å². The van der Waals surface area contributed by atoms with Crippen molar-refractivity contribution < 1.29 is 26.7 Å². The minimum absolute atomic E-state index is 1.19. The van der Waals surface area contributed by atoms with E-state index in [2.05, 4.69) is 109 Å². The van der Waals surface area contributed by atoms with Crippen molar-refractivity contribution >= 4 is 32.5 Å². The molecule has 2 aromatic heterocycles. The standard InChI is InChI=1S/2C25H43N2.H2O4S/c2*1-4-5-6-7-8-9-10-11-12-13-14-15-16-17-22-25-26(2)23-20-18-19-21-24(23)27(25)3;1-5(2,3)4/h2*18-21H,4-17,22H2,1-3H3;(H2,1,2,3,4)/q2*+1;/p-2. The molecule has 336 valence electrons. The summed E-state index contributed by atoms with van der Waals surface area (Å²) in [4.78, 5) is 0. The van der Waals surface area contributed by atoms with Gasteiger partial charge in [-0.2, -0.15) is 0 Å². The van der Waals surface area contributed by atoms with Crippen molar-refractivity contribution in [1.29, 1.82) is 0 Å². The van der Waals surface area contributed by atoms with Gasteiger partial charge in [-0.1, -0.05) is 205 Å². The van der Waals surface area contributed by atoms with Gasteiger partial charge in [0.15, 0.2) is 22.1 Å². The van der Waals surface area contributed by atoms with Gasteiger partial charge in [0.2, 0.25) is 0 Å². The van der Waals surface area contributed by atoms with Crippen LogP contribution in [0.4, 0.5) is 0 Å². The lowest BCUT2D eigenvalue weighted by molar-refractivity contribution is -0.654. The molecule has 0 fully saturated rings. The van der Waals surface area contributed by atoms with Crippen molar-refractivity contribution in [3.8, 4) is 0 Å². The molecule has 0 saturated carbocycles. The first-order valence-corrected chi connectivity index (χ1v) is 25.4. The molecular weight excluding hydrogens is 753 g/mol. The first-order chi connectivity index (χ1) is 28.5. The summed E-state index contributed by atoms with van der Waals surface area (Å²) in [6.07, 6.45) is 42.3. The van der Waals surface area contributed by atoms with E-state index in [4.69, 9.17) is 17.5 Å². The number of unbranched alkanes of at least 4 members (excludes halogenated alkanes) is 26. The van der Waals surface area contributed by atoms with E-state index in [9.17, 15) is 0 Å². The number of para-hydroxylation sites is 4. The van der Waals surface area contributed by atoms with Crippen LogP contribution in [0.3, 0.4) is 0 Å². The van der Waals surface area contributed by atoms with Crippen molar-refractivity contribution in [2.45, 2.75) is 206 Å². The highest BCUT2D eigenvalue weighted by atomic mass is 32.3. The molecule has 0 aliphatic carbocycles. The lowest BCUT2D eigenvalue weighted by Gasteiger charge is -2.06. The molecule has 2 aromatic carbocycles. The zero-order valence-corrected chi connectivity index (χ0v) is 39.5. The minimum Gasteiger partial charge on any atom is -0.759 e. The number of imidazole rings is 2. The maximum atomic E-state index is 8.52. The lowest BCUT2D eigenvalue weighted by Crippen LogP contribution is -2.32. The molecule has 0 N–H and O–H groups in total. The van der Waals surface area contributed by atoms with Crippen molar-refractivity contribution in [2.75, 3.05) is 0 Å². The number of benzene rings is 2. The van der Waals surface area contributed by atoms with Gasteiger partial charge >= 0.3 is 0 Å². The molecule has 0 aliphatic rings. The van der Waals surface area contributed by atoms with Crippen LogP contribution in [0, 0.1) is 0 Å². The van der Waals surface area contributed by atoms with Crippen LogP contribution in [-0.2, 0) is 51.4 Å². The molecule has 0 saturated heterocycles. The monoisotopic (exact) mass is 839 g/mol. The first kappa shape index (κ1) is 52.4. The van der Waals surface area contributed by atoms with Gasteiger partial charge in [-0.3, -0.25) is 8.42 Å². The molecular formula is C50H86N4O4S. The smallest absolute Gasteiger partial charge is 0.256 e. The Morgan fingerprint density at radius 3 is 0.881 bits per heavy atom. The van der Waals surface area contributed by atoms with Gasteiger partial charge < -0.3 is 9.11 Å². The molecule has 0 spiro atoms. The number of aromatic nitrogens is 4. The van der Waals surface area contributed by atoms with Crippen LogP contribution >= 0.6 is 0 Å². The summed E-state index contributed by atoms with van der Waals surface area (Å²) >= 11 is 0. The quantitative estimate of drug-likeness (QED) is 0.0226. The van der Waals surface area contributed by atoms with Crippen molar-refractivity contribution in [2.24, 2.45) is 28.2 Å². The van der Waals surface area contributed by atoms with Crippen LogP contribution < -0.4 is 9.13 Å². The van der Waals surface area contributed by atoms with E-state index in [1.54, 1.807) is 0 Å². The normalized spacial score (nSPS) is 11.5. The zero-order valence-electron chi connectivity index (χ0n) is 38.7. The topological polar surface area (TPSA) is 97.9 Å². The van der Waals surface area contributed by atoms with Gasteiger partial charge in [0.1, 0.15) is 0 Å². The SMILES string of the molecule is CCCCCCCCCCCCCCCCc1n(C)c2ccccc2[n+]1C.CCCCCCCCCCCCCCCCc1n(C)c2ccccc2[n+]1C.O=S(=O)([O-])[O-]. The Hall–Kier alpha value is -2.75. The third-order valence-corrected chi connectivity index (χ3v) is 12.3. The number of hydrogen-bond donors (Lipinski definition) is 0. The largest absolute Gasteiger partial charge is 0.759 e. The molecule has 9 heteroatoms. The summed E-state index contributed by atoms with van der Waals surface area (Å²) in [7, 11) is 3.67. The summed E-state index contributed by atoms with van der Waals surface area (Å²) in [6, 6.07) is 17.5. The second kappa shape index (κ2) is 32.0. The highest BCUT2D eigenvalue weighted by molar-refractivity contribution is 7.79. The molecule has 0 radical (unpaired) electrons. The molecule has 2 heterocycles. The number of fused-ring (bicyclic) bond motifs is 2. The highest BCUT2D eigenvalue weighted by Crippen LogP contribution is 2.18. The van der Waals surface area contributed by atoms with Crippen molar-refractivity contribution in [3.63, 3.8) is 0 Å². The Morgan fingerprint density at radius 2 is 0.644 bits per heavy atom. The van der Waals surface area contributed by atoms with Gasteiger partial charge in [-0.15, -0.1) is 0 Å². The molecule has 0 bridgehead atoms. The molecule has 0 unspecified atom stereocenters. The average molecular weight is 839 g/mol. The summed E-state index contributed by atoms with van der Waals surface area (Å²) in [6.45, 7) is 4.59. The van der Waals surface area contributed by atoms with Crippen molar-refractivity contribution in [3.05, 3.63) is 60.2 Å². The Bertz CT molecular complexity index is 1560. The molecule has 0 atom stereocenters. The van der Waals surface area contributed by atoms with Gasteiger partial charge in [0.25, 0.3) is 11.6 Å². The first-order valence-electron chi connectivity index (χ1n) is 24.0. The second-order valence-electron chi connectivity index (χ2n) is 17.1. The number of nitrogens with zero attached hydrogens (tertiary/aromatic N) is 4. The fourth-order valence-corrected chi connectivity index (χ4v) is 8.70. The van der Waals surface area contributed by atoms with E-state index < -0.39 is 10.4 Å². The molecule has 4 rings (SSSR count). The van der Waals surface area contributed by atoms with E-state index in [1.807, 2.05) is 0 Å². The van der Waals surface area contributed by atoms with Crippen LogP contribution in [0.25, 0.3) is 22.1 Å². The molecule has 4 aromatic rings. The summed E-state index contributed by atoms with van der Waals surface area (Å²) in [5.41, 5.74) is 5.39. The third kappa shape index (κ3) is 22.6. The van der Waals surface area contributed by atoms with Gasteiger partial charge in [-0.05, 0) is 37.1 Å². The Balaban J connectivity index is 0.000000365. The predicted octanol–water partition coefficient (Wildman–Crippen LogP) is 12.7. The van der Waals surface area contributed by atoms with Crippen molar-refractivity contribution in [1.82, 2.24) is 9.13 Å². The number of rotatable bonds is 30. The average Bonchev–Trinajstić information content (AvgIpc) is 3.60. The summed E-state index contributed by atoms with van der Waals surface area (Å²) < 4.78 is 43.6. The van der Waals surface area contributed by atoms with E-state index >= 15 is 0 Å². The van der Waals surface area contributed by atoms with Crippen LogP contribution in [-0.4, -0.2) is 26.7 Å². The fourth-order valence-electron chi connectivity index (χ4n) is 8.70. The fraction of sp³-hybridized carbons (Fsp3) is 0.720. The zero-order chi connectivity index (χ0) is 43.1. The third-order valence-electron chi connectivity index (χ3n) is 12.3. The Morgan fingerprint density at radius 1 is 0.424 bits per heavy atom. The van der Waals surface area contributed by atoms with Crippen LogP contribution in [0.2, 0.25) is 0 Å². The van der Waals surface area contributed by atoms with Gasteiger partial charge in [0, 0.05) is 23.2 Å². The second-order valence-corrected chi connectivity index (χ2v) is 18.0. The van der Waals surface area contributed by atoms with Gasteiger partial charge in [-0.25, -0.2) is 18.3 Å². The van der Waals surface area contributed by atoms with Crippen LogP contribution in [0.15, 0.2) is 48.5 Å². The van der Waals surface area contributed by atoms with Gasteiger partial charge in [0.05, 0.1) is 28.2 Å².